The number of nitrogens with one attached hydrogen (secondary N) is 1. The van der Waals surface area contributed by atoms with Crippen molar-refractivity contribution in [3.8, 4) is 10.7 Å². The van der Waals surface area contributed by atoms with Crippen LogP contribution in [0.5, 0.6) is 0 Å². The van der Waals surface area contributed by atoms with Crippen molar-refractivity contribution < 1.29 is 0 Å². The third-order valence-corrected chi connectivity index (χ3v) is 5.48. The molecule has 21 heavy (non-hydrogen) atoms. The first-order valence-electron chi connectivity index (χ1n) is 6.41. The first-order chi connectivity index (χ1) is 10.3. The summed E-state index contributed by atoms with van der Waals surface area (Å²) in [6.07, 6.45) is 1.79. The smallest absolute Gasteiger partial charge is 0.206 e. The van der Waals surface area contributed by atoms with E-state index in [2.05, 4.69) is 30.9 Å². The van der Waals surface area contributed by atoms with Crippen molar-refractivity contribution >= 4 is 39.6 Å². The van der Waals surface area contributed by atoms with Gasteiger partial charge in [0.2, 0.25) is 5.13 Å². The van der Waals surface area contributed by atoms with Gasteiger partial charge in [0.05, 0.1) is 11.4 Å². The lowest BCUT2D eigenvalue weighted by Crippen LogP contribution is -1.94. The summed E-state index contributed by atoms with van der Waals surface area (Å²) < 4.78 is 0.957. The highest BCUT2D eigenvalue weighted by molar-refractivity contribution is 8.00. The number of aromatic nitrogens is 4. The molecule has 0 aliphatic heterocycles. The predicted octanol–water partition coefficient (Wildman–Crippen LogP) is 3.78. The average Bonchev–Trinajstić information content (AvgIpc) is 3.16. The molecule has 0 aromatic carbocycles. The second-order valence-corrected chi connectivity index (χ2v) is 7.11. The molecule has 0 aliphatic carbocycles. The molecule has 0 amide bonds. The highest BCUT2D eigenvalue weighted by atomic mass is 32.2. The monoisotopic (exact) mass is 335 g/mol. The highest BCUT2D eigenvalue weighted by Gasteiger charge is 2.08. The van der Waals surface area contributed by atoms with Crippen LogP contribution in [-0.2, 0) is 5.75 Å². The van der Waals surface area contributed by atoms with Gasteiger partial charge in [-0.15, -0.1) is 21.5 Å². The zero-order valence-corrected chi connectivity index (χ0v) is 13.8. The summed E-state index contributed by atoms with van der Waals surface area (Å²) in [5, 5.41) is 15.3. The van der Waals surface area contributed by atoms with E-state index in [1.54, 1.807) is 40.6 Å². The van der Waals surface area contributed by atoms with E-state index in [0.717, 1.165) is 38.2 Å². The topological polar surface area (TPSA) is 63.6 Å². The lowest BCUT2D eigenvalue weighted by molar-refractivity contribution is 1.00. The van der Waals surface area contributed by atoms with Gasteiger partial charge in [-0.25, -0.2) is 4.98 Å². The van der Waals surface area contributed by atoms with Crippen molar-refractivity contribution in [2.75, 3.05) is 11.9 Å². The Morgan fingerprint density at radius 2 is 2.24 bits per heavy atom. The Hall–Kier alpha value is -1.51. The molecule has 3 rings (SSSR count). The van der Waals surface area contributed by atoms with Crippen molar-refractivity contribution in [3.05, 3.63) is 35.5 Å². The average molecular weight is 335 g/mol. The van der Waals surface area contributed by atoms with E-state index < -0.39 is 0 Å². The number of rotatable bonds is 6. The summed E-state index contributed by atoms with van der Waals surface area (Å²) in [6.45, 7) is 2.90. The van der Waals surface area contributed by atoms with Crippen LogP contribution in [0.1, 0.15) is 12.6 Å². The molecule has 0 saturated heterocycles. The fraction of sp³-hybridized carbons (Fsp3) is 0.231. The molecule has 1 N–H and O–H groups in total. The highest BCUT2D eigenvalue weighted by Crippen LogP contribution is 2.30. The molecule has 0 fully saturated rings. The second kappa shape index (κ2) is 6.97. The first kappa shape index (κ1) is 14.4. The van der Waals surface area contributed by atoms with Crippen molar-refractivity contribution in [2.45, 2.75) is 17.0 Å². The summed E-state index contributed by atoms with van der Waals surface area (Å²) in [6, 6.07) is 5.86. The fourth-order valence-electron chi connectivity index (χ4n) is 1.61. The van der Waals surface area contributed by atoms with Gasteiger partial charge in [0, 0.05) is 23.9 Å². The zero-order valence-electron chi connectivity index (χ0n) is 11.3. The van der Waals surface area contributed by atoms with Crippen LogP contribution in [0.3, 0.4) is 0 Å². The van der Waals surface area contributed by atoms with Crippen LogP contribution in [0.4, 0.5) is 5.13 Å². The third kappa shape index (κ3) is 3.78. The van der Waals surface area contributed by atoms with Crippen LogP contribution in [-0.4, -0.2) is 26.7 Å². The molecule has 3 aromatic rings. The van der Waals surface area contributed by atoms with Gasteiger partial charge in [-0.1, -0.05) is 29.2 Å². The van der Waals surface area contributed by atoms with Gasteiger partial charge in [-0.05, 0) is 19.1 Å². The molecule has 0 atom stereocenters. The van der Waals surface area contributed by atoms with Gasteiger partial charge >= 0.3 is 0 Å². The molecule has 0 saturated carbocycles. The van der Waals surface area contributed by atoms with Crippen LogP contribution in [0, 0.1) is 0 Å². The number of pyridine rings is 1. The summed E-state index contributed by atoms with van der Waals surface area (Å²) in [7, 11) is 0. The molecule has 8 heteroatoms. The largest absolute Gasteiger partial charge is 0.360 e. The molecule has 3 heterocycles. The van der Waals surface area contributed by atoms with E-state index >= 15 is 0 Å². The maximum Gasteiger partial charge on any atom is 0.206 e. The lowest BCUT2D eigenvalue weighted by atomic mass is 10.4. The number of anilines is 1. The fourth-order valence-corrected chi connectivity index (χ4v) is 4.22. The molecular weight excluding hydrogens is 322 g/mol. The Morgan fingerprint density at radius 3 is 3.05 bits per heavy atom. The lowest BCUT2D eigenvalue weighted by Gasteiger charge is -1.94. The van der Waals surface area contributed by atoms with E-state index in [0.29, 0.717) is 0 Å². The molecule has 5 nitrogen and oxygen atoms in total. The van der Waals surface area contributed by atoms with Gasteiger partial charge in [-0.3, -0.25) is 4.98 Å². The first-order valence-corrected chi connectivity index (χ1v) is 9.09. The number of thiazole rings is 1. The SMILES string of the molecule is CCNc1nnc(SCc2csc(-c3ccccn3)n2)s1. The zero-order chi connectivity index (χ0) is 14.5. The maximum atomic E-state index is 4.61. The summed E-state index contributed by atoms with van der Waals surface area (Å²) in [4.78, 5) is 8.93. The van der Waals surface area contributed by atoms with E-state index in [1.807, 2.05) is 25.1 Å². The van der Waals surface area contributed by atoms with Crippen molar-refractivity contribution in [1.29, 1.82) is 0 Å². The van der Waals surface area contributed by atoms with E-state index in [1.165, 1.54) is 0 Å². The molecule has 108 valence electrons. The van der Waals surface area contributed by atoms with E-state index in [-0.39, 0.29) is 0 Å². The van der Waals surface area contributed by atoms with Gasteiger partial charge in [0.15, 0.2) is 4.34 Å². The Kier molecular flexibility index (Phi) is 4.79. The number of thioether (sulfide) groups is 1. The predicted molar refractivity (Wildman–Crippen MR) is 89.0 cm³/mol. The minimum Gasteiger partial charge on any atom is -0.360 e. The standard InChI is InChI=1S/C13H13N5S3/c1-2-14-12-17-18-13(21-12)20-8-9-7-19-11(16-9)10-5-3-4-6-15-10/h3-7H,2,8H2,1H3,(H,14,17). The van der Waals surface area contributed by atoms with Crippen molar-refractivity contribution in [2.24, 2.45) is 0 Å². The third-order valence-electron chi connectivity index (χ3n) is 2.51. The molecule has 3 aromatic heterocycles. The molecule has 0 spiro atoms. The Morgan fingerprint density at radius 1 is 1.29 bits per heavy atom. The quantitative estimate of drug-likeness (QED) is 0.692. The Bertz CT molecular complexity index is 695. The summed E-state index contributed by atoms with van der Waals surface area (Å²) in [5.41, 5.74) is 1.97. The summed E-state index contributed by atoms with van der Waals surface area (Å²) >= 11 is 4.85. The van der Waals surface area contributed by atoms with Crippen LogP contribution in [0.25, 0.3) is 10.7 Å². The van der Waals surface area contributed by atoms with Gasteiger partial charge in [0.1, 0.15) is 5.01 Å². The van der Waals surface area contributed by atoms with Crippen LogP contribution in [0.15, 0.2) is 34.1 Å². The molecular formula is C13H13N5S3. The van der Waals surface area contributed by atoms with Crippen LogP contribution >= 0.6 is 34.4 Å². The molecule has 0 bridgehead atoms. The number of nitrogens with zero attached hydrogens (tertiary/aromatic N) is 4. The number of hydrogen-bond donors (Lipinski definition) is 1. The van der Waals surface area contributed by atoms with Gasteiger partial charge in [-0.2, -0.15) is 0 Å². The van der Waals surface area contributed by atoms with Gasteiger partial charge < -0.3 is 5.32 Å². The Balaban J connectivity index is 1.62. The van der Waals surface area contributed by atoms with E-state index in [4.69, 9.17) is 0 Å². The normalized spacial score (nSPS) is 10.7. The number of hydrogen-bond acceptors (Lipinski definition) is 8. The van der Waals surface area contributed by atoms with Crippen LogP contribution < -0.4 is 5.32 Å². The van der Waals surface area contributed by atoms with E-state index in [9.17, 15) is 0 Å². The molecule has 0 aliphatic rings. The minimum absolute atomic E-state index is 0.796. The Labute approximate surface area is 134 Å². The van der Waals surface area contributed by atoms with Gasteiger partial charge in [0.25, 0.3) is 0 Å². The van der Waals surface area contributed by atoms with Crippen LogP contribution in [0.2, 0.25) is 0 Å². The minimum atomic E-state index is 0.796. The molecule has 0 unspecified atom stereocenters. The summed E-state index contributed by atoms with van der Waals surface area (Å²) in [5.74, 6) is 0.796. The van der Waals surface area contributed by atoms with Crippen molar-refractivity contribution in [3.63, 3.8) is 0 Å². The second-order valence-electron chi connectivity index (χ2n) is 4.05. The maximum absolute atomic E-state index is 4.61. The molecule has 0 radical (unpaired) electrons. The van der Waals surface area contributed by atoms with Crippen molar-refractivity contribution in [1.82, 2.24) is 20.2 Å².